The molecular formula is C12H19N3O3. The number of carbonyl (C=O) groups excluding carboxylic acids is 1. The summed E-state index contributed by atoms with van der Waals surface area (Å²) in [7, 11) is 1.78. The number of aryl methyl sites for hydroxylation is 2. The van der Waals surface area contributed by atoms with E-state index in [1.165, 1.54) is 0 Å². The lowest BCUT2D eigenvalue weighted by Crippen LogP contribution is -2.45. The molecule has 1 aromatic rings. The average Bonchev–Trinajstić information content (AvgIpc) is 2.40. The minimum Gasteiger partial charge on any atom is -0.481 e. The number of carbonyl (C=O) groups is 2. The molecule has 0 aliphatic rings. The fourth-order valence-electron chi connectivity index (χ4n) is 1.84. The van der Waals surface area contributed by atoms with Gasteiger partial charge in [-0.3, -0.25) is 14.3 Å². The van der Waals surface area contributed by atoms with Gasteiger partial charge in [0.25, 0.3) is 0 Å². The molecule has 0 aliphatic carbocycles. The second-order valence-corrected chi connectivity index (χ2v) is 5.08. The van der Waals surface area contributed by atoms with Crippen molar-refractivity contribution in [2.24, 2.45) is 7.05 Å². The fraction of sp³-hybridized carbons (Fsp3) is 0.583. The van der Waals surface area contributed by atoms with Crippen molar-refractivity contribution >= 4 is 11.9 Å². The Morgan fingerprint density at radius 3 is 2.56 bits per heavy atom. The third-order valence-corrected chi connectivity index (χ3v) is 2.51. The van der Waals surface area contributed by atoms with Gasteiger partial charge in [-0.2, -0.15) is 5.10 Å². The minimum absolute atomic E-state index is 0.108. The lowest BCUT2D eigenvalue weighted by Gasteiger charge is -2.24. The standard InChI is InChI=1S/C12H19N3O3/c1-8-5-9(15(4)14-8)6-10(16)13-12(2,3)7-11(17)18/h5H,6-7H2,1-4H3,(H,13,16)(H,17,18). The Morgan fingerprint density at radius 2 is 2.11 bits per heavy atom. The third-order valence-electron chi connectivity index (χ3n) is 2.51. The summed E-state index contributed by atoms with van der Waals surface area (Å²) in [5.41, 5.74) is 0.900. The number of hydrogen-bond acceptors (Lipinski definition) is 3. The molecule has 0 bridgehead atoms. The van der Waals surface area contributed by atoms with Crippen molar-refractivity contribution in [3.8, 4) is 0 Å². The smallest absolute Gasteiger partial charge is 0.305 e. The van der Waals surface area contributed by atoms with Crippen molar-refractivity contribution in [1.29, 1.82) is 0 Å². The van der Waals surface area contributed by atoms with Crippen LogP contribution in [0.5, 0.6) is 0 Å². The van der Waals surface area contributed by atoms with Gasteiger partial charge in [0, 0.05) is 18.3 Å². The molecule has 0 aliphatic heterocycles. The van der Waals surface area contributed by atoms with Crippen molar-refractivity contribution in [1.82, 2.24) is 15.1 Å². The zero-order valence-corrected chi connectivity index (χ0v) is 11.1. The maximum absolute atomic E-state index is 11.8. The highest BCUT2D eigenvalue weighted by atomic mass is 16.4. The summed E-state index contributed by atoms with van der Waals surface area (Å²) < 4.78 is 1.65. The van der Waals surface area contributed by atoms with Crippen LogP contribution in [0.15, 0.2) is 6.07 Å². The summed E-state index contributed by atoms with van der Waals surface area (Å²) in [6.45, 7) is 5.23. The van der Waals surface area contributed by atoms with Crippen molar-refractivity contribution < 1.29 is 14.7 Å². The predicted octanol–water partition coefficient (Wildman–Crippen LogP) is 0.641. The summed E-state index contributed by atoms with van der Waals surface area (Å²) in [6, 6.07) is 1.84. The van der Waals surface area contributed by atoms with Crippen LogP contribution >= 0.6 is 0 Å². The predicted molar refractivity (Wildman–Crippen MR) is 66.1 cm³/mol. The first-order chi connectivity index (χ1) is 8.19. The highest BCUT2D eigenvalue weighted by Gasteiger charge is 2.24. The van der Waals surface area contributed by atoms with E-state index in [9.17, 15) is 9.59 Å². The summed E-state index contributed by atoms with van der Waals surface area (Å²) in [5.74, 6) is -1.14. The van der Waals surface area contributed by atoms with E-state index in [-0.39, 0.29) is 18.7 Å². The molecule has 100 valence electrons. The van der Waals surface area contributed by atoms with Gasteiger partial charge in [-0.05, 0) is 26.8 Å². The SMILES string of the molecule is Cc1cc(CC(=O)NC(C)(C)CC(=O)O)n(C)n1. The summed E-state index contributed by atoms with van der Waals surface area (Å²) in [4.78, 5) is 22.5. The molecule has 2 N–H and O–H groups in total. The molecule has 18 heavy (non-hydrogen) atoms. The topological polar surface area (TPSA) is 84.2 Å². The first-order valence-electron chi connectivity index (χ1n) is 5.72. The van der Waals surface area contributed by atoms with Gasteiger partial charge in [-0.15, -0.1) is 0 Å². The van der Waals surface area contributed by atoms with Gasteiger partial charge in [0.15, 0.2) is 0 Å². The zero-order valence-electron chi connectivity index (χ0n) is 11.1. The van der Waals surface area contributed by atoms with Crippen LogP contribution in [0.3, 0.4) is 0 Å². The van der Waals surface area contributed by atoms with Crippen molar-refractivity contribution in [2.45, 2.75) is 39.2 Å². The molecule has 0 saturated heterocycles. The van der Waals surface area contributed by atoms with Crippen LogP contribution in [0, 0.1) is 6.92 Å². The molecule has 0 radical (unpaired) electrons. The van der Waals surface area contributed by atoms with Gasteiger partial charge in [-0.1, -0.05) is 0 Å². The maximum Gasteiger partial charge on any atom is 0.305 e. The molecule has 1 heterocycles. The summed E-state index contributed by atoms with van der Waals surface area (Å²) >= 11 is 0. The lowest BCUT2D eigenvalue weighted by atomic mass is 10.0. The molecule has 6 nitrogen and oxygen atoms in total. The number of rotatable bonds is 5. The van der Waals surface area contributed by atoms with Crippen LogP contribution in [-0.2, 0) is 23.1 Å². The second kappa shape index (κ2) is 5.20. The van der Waals surface area contributed by atoms with E-state index < -0.39 is 11.5 Å². The number of nitrogens with one attached hydrogen (secondary N) is 1. The van der Waals surface area contributed by atoms with E-state index in [4.69, 9.17) is 5.11 Å². The number of aliphatic carboxylic acids is 1. The summed E-state index contributed by atoms with van der Waals surface area (Å²) in [5, 5.41) is 15.6. The van der Waals surface area contributed by atoms with E-state index in [1.54, 1.807) is 25.6 Å². The quantitative estimate of drug-likeness (QED) is 0.806. The van der Waals surface area contributed by atoms with Gasteiger partial charge in [0.2, 0.25) is 5.91 Å². The Kier molecular flexibility index (Phi) is 4.11. The molecule has 6 heteroatoms. The number of aromatic nitrogens is 2. The summed E-state index contributed by atoms with van der Waals surface area (Å²) in [6.07, 6.45) is 0.0868. The highest BCUT2D eigenvalue weighted by molar-refractivity contribution is 5.80. The monoisotopic (exact) mass is 253 g/mol. The van der Waals surface area contributed by atoms with E-state index in [2.05, 4.69) is 10.4 Å². The number of carboxylic acids is 1. The molecule has 0 atom stereocenters. The van der Waals surface area contributed by atoms with Crippen LogP contribution in [0.2, 0.25) is 0 Å². The first-order valence-corrected chi connectivity index (χ1v) is 5.72. The van der Waals surface area contributed by atoms with Crippen molar-refractivity contribution in [3.63, 3.8) is 0 Å². The normalized spacial score (nSPS) is 11.3. The second-order valence-electron chi connectivity index (χ2n) is 5.08. The molecule has 0 fully saturated rings. The van der Waals surface area contributed by atoms with Gasteiger partial charge >= 0.3 is 5.97 Å². The molecule has 1 rings (SSSR count). The van der Waals surface area contributed by atoms with Crippen LogP contribution < -0.4 is 5.32 Å². The molecule has 0 saturated carbocycles. The number of amides is 1. The fourth-order valence-corrected chi connectivity index (χ4v) is 1.84. The number of hydrogen-bond donors (Lipinski definition) is 2. The average molecular weight is 253 g/mol. The molecule has 0 spiro atoms. The highest BCUT2D eigenvalue weighted by Crippen LogP contribution is 2.09. The van der Waals surface area contributed by atoms with Crippen LogP contribution in [0.4, 0.5) is 0 Å². The van der Waals surface area contributed by atoms with Gasteiger partial charge in [0.1, 0.15) is 0 Å². The van der Waals surface area contributed by atoms with Crippen molar-refractivity contribution in [3.05, 3.63) is 17.5 Å². The molecule has 1 aromatic heterocycles. The maximum atomic E-state index is 11.8. The lowest BCUT2D eigenvalue weighted by molar-refractivity contribution is -0.138. The zero-order chi connectivity index (χ0) is 13.9. The van der Waals surface area contributed by atoms with E-state index in [1.807, 2.05) is 13.0 Å². The minimum atomic E-state index is -0.934. The Hall–Kier alpha value is -1.85. The van der Waals surface area contributed by atoms with Gasteiger partial charge < -0.3 is 10.4 Å². The molecule has 1 amide bonds. The van der Waals surface area contributed by atoms with Crippen LogP contribution in [0.1, 0.15) is 31.7 Å². The number of nitrogens with zero attached hydrogens (tertiary/aromatic N) is 2. The van der Waals surface area contributed by atoms with E-state index in [0.717, 1.165) is 11.4 Å². The first kappa shape index (κ1) is 14.2. The molecular weight excluding hydrogens is 234 g/mol. The Bertz CT molecular complexity index is 463. The van der Waals surface area contributed by atoms with Crippen LogP contribution in [-0.4, -0.2) is 32.3 Å². The van der Waals surface area contributed by atoms with Crippen molar-refractivity contribution in [2.75, 3.05) is 0 Å². The Morgan fingerprint density at radius 1 is 1.50 bits per heavy atom. The largest absolute Gasteiger partial charge is 0.481 e. The molecule has 0 aromatic carbocycles. The van der Waals surface area contributed by atoms with E-state index in [0.29, 0.717) is 0 Å². The molecule has 0 unspecified atom stereocenters. The van der Waals surface area contributed by atoms with Crippen LogP contribution in [0.25, 0.3) is 0 Å². The van der Waals surface area contributed by atoms with E-state index >= 15 is 0 Å². The third kappa shape index (κ3) is 4.20. The number of carboxylic acid groups (broad SMARTS) is 1. The Balaban J connectivity index is 2.62. The van der Waals surface area contributed by atoms with Gasteiger partial charge in [-0.25, -0.2) is 0 Å². The van der Waals surface area contributed by atoms with Gasteiger partial charge in [0.05, 0.1) is 18.5 Å². The Labute approximate surface area is 106 Å².